The lowest BCUT2D eigenvalue weighted by Crippen LogP contribution is -2.26. The van der Waals surface area contributed by atoms with Gasteiger partial charge in [-0.25, -0.2) is 4.79 Å². The van der Waals surface area contributed by atoms with Gasteiger partial charge in [0, 0.05) is 30.0 Å². The molecule has 3 aromatic carbocycles. The van der Waals surface area contributed by atoms with E-state index in [0.29, 0.717) is 29.1 Å². The van der Waals surface area contributed by atoms with Crippen molar-refractivity contribution in [2.45, 2.75) is 19.3 Å². The third kappa shape index (κ3) is 4.69. The van der Waals surface area contributed by atoms with E-state index in [-0.39, 0.29) is 18.3 Å². The Morgan fingerprint density at radius 1 is 1.00 bits per heavy atom. The number of carbonyl (C=O) groups is 2. The van der Waals surface area contributed by atoms with Gasteiger partial charge in [-0.1, -0.05) is 72.0 Å². The fourth-order valence-electron chi connectivity index (χ4n) is 3.91. The number of Topliss-reactive ketones (excluding diaryl/α,β-unsaturated/α-hetero) is 1. The average Bonchev–Trinajstić information content (AvgIpc) is 3.12. The lowest BCUT2D eigenvalue weighted by atomic mass is 9.98. The van der Waals surface area contributed by atoms with Crippen molar-refractivity contribution < 1.29 is 14.3 Å². The number of rotatable bonds is 5. The van der Waals surface area contributed by atoms with E-state index >= 15 is 0 Å². The van der Waals surface area contributed by atoms with E-state index in [9.17, 15) is 9.59 Å². The van der Waals surface area contributed by atoms with E-state index in [0.717, 1.165) is 0 Å². The van der Waals surface area contributed by atoms with E-state index < -0.39 is 6.09 Å². The standard InChI is InChI=1S/C27H22ClNO3/c1-18(30)24-16-19(13-14-26(24)28)8-6-7-15-29-27(31)32-17-25-22-11-4-2-9-20(22)21-10-3-5-12-23(21)25/h2-5,9-14,16,25H,7,15,17H2,1H3,(H,29,31). The SMILES string of the molecule is CC(=O)c1cc(C#CCCNC(=O)OCC2c3ccccc3-c3ccccc32)ccc1Cl. The zero-order valence-electron chi connectivity index (χ0n) is 17.7. The molecule has 0 spiro atoms. The highest BCUT2D eigenvalue weighted by molar-refractivity contribution is 6.33. The van der Waals surface area contributed by atoms with E-state index in [1.165, 1.54) is 29.2 Å². The molecule has 160 valence electrons. The third-order valence-corrected chi connectivity index (χ3v) is 5.77. The van der Waals surface area contributed by atoms with Gasteiger partial charge in [-0.2, -0.15) is 0 Å². The summed E-state index contributed by atoms with van der Waals surface area (Å²) in [6.07, 6.45) is 0.00130. The molecule has 4 nitrogen and oxygen atoms in total. The van der Waals surface area contributed by atoms with Gasteiger partial charge in [-0.05, 0) is 47.4 Å². The van der Waals surface area contributed by atoms with Crippen LogP contribution >= 0.6 is 11.6 Å². The zero-order valence-corrected chi connectivity index (χ0v) is 18.4. The molecule has 1 aliphatic rings. The summed E-state index contributed by atoms with van der Waals surface area (Å²) in [5, 5.41) is 3.16. The summed E-state index contributed by atoms with van der Waals surface area (Å²) >= 11 is 6.01. The van der Waals surface area contributed by atoms with E-state index in [1.54, 1.807) is 18.2 Å². The van der Waals surface area contributed by atoms with Crippen molar-refractivity contribution in [3.05, 3.63) is 94.0 Å². The topological polar surface area (TPSA) is 55.4 Å². The molecule has 1 amide bonds. The van der Waals surface area contributed by atoms with E-state index in [2.05, 4.69) is 41.4 Å². The fourth-order valence-corrected chi connectivity index (χ4v) is 4.16. The first kappa shape index (κ1) is 21.7. The lowest BCUT2D eigenvalue weighted by Gasteiger charge is -2.14. The van der Waals surface area contributed by atoms with Crippen LogP contribution in [-0.4, -0.2) is 25.0 Å². The molecule has 0 fully saturated rings. The van der Waals surface area contributed by atoms with E-state index in [1.807, 2.05) is 24.3 Å². The van der Waals surface area contributed by atoms with Crippen LogP contribution in [0, 0.1) is 11.8 Å². The summed E-state index contributed by atoms with van der Waals surface area (Å²) in [5.41, 5.74) is 5.92. The number of nitrogens with one attached hydrogen (secondary N) is 1. The van der Waals surface area contributed by atoms with Crippen molar-refractivity contribution in [1.82, 2.24) is 5.32 Å². The molecule has 0 atom stereocenters. The highest BCUT2D eigenvalue weighted by Gasteiger charge is 2.28. The van der Waals surface area contributed by atoms with Crippen LogP contribution in [0.2, 0.25) is 5.02 Å². The largest absolute Gasteiger partial charge is 0.449 e. The van der Waals surface area contributed by atoms with Gasteiger partial charge in [-0.15, -0.1) is 0 Å². The Morgan fingerprint density at radius 2 is 1.66 bits per heavy atom. The van der Waals surface area contributed by atoms with Crippen molar-refractivity contribution in [3.8, 4) is 23.0 Å². The second-order valence-electron chi connectivity index (χ2n) is 7.55. The number of ketones is 1. The molecule has 1 aliphatic carbocycles. The zero-order chi connectivity index (χ0) is 22.5. The molecule has 0 heterocycles. The van der Waals surface area contributed by atoms with Crippen molar-refractivity contribution in [2.75, 3.05) is 13.2 Å². The summed E-state index contributed by atoms with van der Waals surface area (Å²) in [6.45, 7) is 2.12. The fraction of sp³-hybridized carbons (Fsp3) is 0.185. The molecule has 0 aliphatic heterocycles. The third-order valence-electron chi connectivity index (χ3n) is 5.44. The smallest absolute Gasteiger partial charge is 0.407 e. The second kappa shape index (κ2) is 9.72. The Kier molecular flexibility index (Phi) is 6.58. The number of hydrogen-bond donors (Lipinski definition) is 1. The molecule has 5 heteroatoms. The van der Waals surface area contributed by atoms with Gasteiger partial charge < -0.3 is 10.1 Å². The average molecular weight is 444 g/mol. The monoisotopic (exact) mass is 443 g/mol. The Hall–Kier alpha value is -3.55. The van der Waals surface area contributed by atoms with E-state index in [4.69, 9.17) is 16.3 Å². The minimum absolute atomic E-state index is 0.0355. The Balaban J connectivity index is 1.29. The maximum atomic E-state index is 12.2. The van der Waals surface area contributed by atoms with Crippen LogP contribution in [0.4, 0.5) is 4.79 Å². The van der Waals surface area contributed by atoms with Crippen LogP contribution in [0.5, 0.6) is 0 Å². The van der Waals surface area contributed by atoms with Gasteiger partial charge in [0.1, 0.15) is 6.61 Å². The summed E-state index contributed by atoms with van der Waals surface area (Å²) < 4.78 is 5.51. The van der Waals surface area contributed by atoms with Crippen molar-refractivity contribution in [1.29, 1.82) is 0 Å². The Bertz CT molecular complexity index is 1190. The van der Waals surface area contributed by atoms with Gasteiger partial charge in [0.25, 0.3) is 0 Å². The molecule has 3 aromatic rings. The molecule has 0 radical (unpaired) electrons. The first-order valence-corrected chi connectivity index (χ1v) is 10.8. The molecule has 0 saturated heterocycles. The van der Waals surface area contributed by atoms with Crippen molar-refractivity contribution >= 4 is 23.5 Å². The van der Waals surface area contributed by atoms with Gasteiger partial charge in [-0.3, -0.25) is 4.79 Å². The number of amides is 1. The number of ether oxygens (including phenoxy) is 1. The van der Waals surface area contributed by atoms with Gasteiger partial charge in [0.2, 0.25) is 0 Å². The quantitative estimate of drug-likeness (QED) is 0.307. The van der Waals surface area contributed by atoms with Crippen LogP contribution in [0.15, 0.2) is 66.7 Å². The molecule has 1 N–H and O–H groups in total. The normalized spacial score (nSPS) is 11.7. The number of carbonyl (C=O) groups excluding carboxylic acids is 2. The Labute approximate surface area is 192 Å². The summed E-state index contributed by atoms with van der Waals surface area (Å²) in [4.78, 5) is 23.7. The van der Waals surface area contributed by atoms with Gasteiger partial charge in [0.05, 0.1) is 5.02 Å². The summed E-state index contributed by atoms with van der Waals surface area (Å²) in [7, 11) is 0. The highest BCUT2D eigenvalue weighted by atomic mass is 35.5. The predicted octanol–water partition coefficient (Wildman–Crippen LogP) is 5.82. The van der Waals surface area contributed by atoms with Crippen LogP contribution in [0.1, 0.15) is 46.3 Å². The first-order chi connectivity index (χ1) is 15.5. The highest BCUT2D eigenvalue weighted by Crippen LogP contribution is 2.44. The second-order valence-corrected chi connectivity index (χ2v) is 7.96. The molecule has 0 bridgehead atoms. The number of hydrogen-bond acceptors (Lipinski definition) is 3. The van der Waals surface area contributed by atoms with Gasteiger partial charge >= 0.3 is 6.09 Å². The molecular formula is C27H22ClNO3. The maximum absolute atomic E-state index is 12.2. The Morgan fingerprint density at radius 3 is 2.31 bits per heavy atom. The number of halogens is 1. The summed E-state index contributed by atoms with van der Waals surface area (Å²) in [5.74, 6) is 5.91. The van der Waals surface area contributed by atoms with Crippen molar-refractivity contribution in [2.24, 2.45) is 0 Å². The maximum Gasteiger partial charge on any atom is 0.407 e. The number of benzene rings is 3. The lowest BCUT2D eigenvalue weighted by molar-refractivity contribution is 0.101. The number of alkyl carbamates (subject to hydrolysis) is 1. The minimum atomic E-state index is -0.459. The molecule has 0 saturated carbocycles. The molecule has 0 unspecified atom stereocenters. The van der Waals surface area contributed by atoms with Crippen LogP contribution in [0.25, 0.3) is 11.1 Å². The predicted molar refractivity (Wildman–Crippen MR) is 126 cm³/mol. The van der Waals surface area contributed by atoms with Crippen LogP contribution < -0.4 is 5.32 Å². The molecular weight excluding hydrogens is 422 g/mol. The molecule has 0 aromatic heterocycles. The summed E-state index contributed by atoms with van der Waals surface area (Å²) in [6, 6.07) is 21.6. The van der Waals surface area contributed by atoms with Crippen molar-refractivity contribution in [3.63, 3.8) is 0 Å². The van der Waals surface area contributed by atoms with Crippen LogP contribution in [-0.2, 0) is 4.74 Å². The van der Waals surface area contributed by atoms with Gasteiger partial charge in [0.15, 0.2) is 5.78 Å². The molecule has 4 rings (SSSR count). The first-order valence-electron chi connectivity index (χ1n) is 10.4. The molecule has 32 heavy (non-hydrogen) atoms. The number of fused-ring (bicyclic) bond motifs is 3. The minimum Gasteiger partial charge on any atom is -0.449 e. The van der Waals surface area contributed by atoms with Crippen LogP contribution in [0.3, 0.4) is 0 Å².